The first kappa shape index (κ1) is 13.0. The molecule has 1 aromatic carbocycles. The highest BCUT2D eigenvalue weighted by Gasteiger charge is 2.14. The van der Waals surface area contributed by atoms with Crippen molar-refractivity contribution in [2.75, 3.05) is 5.32 Å². The van der Waals surface area contributed by atoms with E-state index >= 15 is 0 Å². The van der Waals surface area contributed by atoms with Gasteiger partial charge in [0.1, 0.15) is 5.69 Å². The van der Waals surface area contributed by atoms with Crippen LogP contribution in [0, 0.1) is 6.92 Å². The van der Waals surface area contributed by atoms with Crippen LogP contribution >= 0.6 is 0 Å². The zero-order chi connectivity index (χ0) is 14.8. The van der Waals surface area contributed by atoms with Gasteiger partial charge >= 0.3 is 6.01 Å². The van der Waals surface area contributed by atoms with E-state index in [2.05, 4.69) is 20.6 Å². The molecule has 0 aliphatic rings. The number of hydrogen-bond acceptors (Lipinski definition) is 5. The molecule has 2 aromatic heterocycles. The van der Waals surface area contributed by atoms with Crippen LogP contribution in [0.1, 0.15) is 16.1 Å². The molecule has 0 unspecified atom stereocenters. The summed E-state index contributed by atoms with van der Waals surface area (Å²) in [7, 11) is 1.68. The lowest BCUT2D eigenvalue weighted by Crippen LogP contribution is -2.16. The van der Waals surface area contributed by atoms with Gasteiger partial charge in [-0.25, -0.2) is 0 Å². The lowest BCUT2D eigenvalue weighted by molar-refractivity contribution is 0.101. The maximum Gasteiger partial charge on any atom is 0.322 e. The fraction of sp³-hybridized carbons (Fsp3) is 0.143. The number of nitrogens with one attached hydrogen (secondary N) is 1. The average molecular weight is 283 g/mol. The van der Waals surface area contributed by atoms with Crippen LogP contribution in [-0.2, 0) is 7.05 Å². The monoisotopic (exact) mass is 283 g/mol. The van der Waals surface area contributed by atoms with E-state index < -0.39 is 0 Å². The predicted molar refractivity (Wildman–Crippen MR) is 75.6 cm³/mol. The fourth-order valence-corrected chi connectivity index (χ4v) is 1.84. The molecule has 0 saturated carbocycles. The van der Waals surface area contributed by atoms with Gasteiger partial charge in [0, 0.05) is 18.8 Å². The molecular weight excluding hydrogens is 270 g/mol. The Balaban J connectivity index is 1.78. The normalized spacial score (nSPS) is 10.6. The number of carbonyl (C=O) groups is 1. The highest BCUT2D eigenvalue weighted by molar-refractivity contribution is 6.01. The standard InChI is InChI=1S/C14H13N5O2/c1-9-3-5-10(6-4-9)13-17-18-14(21-13)16-12(20)11-7-8-15-19(11)2/h3-8H,1-2H3,(H,16,18,20). The van der Waals surface area contributed by atoms with E-state index in [0.29, 0.717) is 11.6 Å². The Kier molecular flexibility index (Phi) is 3.23. The molecule has 0 atom stereocenters. The summed E-state index contributed by atoms with van der Waals surface area (Å²) in [6.07, 6.45) is 1.54. The molecule has 0 spiro atoms. The van der Waals surface area contributed by atoms with Crippen molar-refractivity contribution in [2.24, 2.45) is 7.05 Å². The summed E-state index contributed by atoms with van der Waals surface area (Å²) < 4.78 is 6.90. The average Bonchev–Trinajstić information content (AvgIpc) is 3.09. The van der Waals surface area contributed by atoms with Gasteiger partial charge in [-0.1, -0.05) is 22.8 Å². The summed E-state index contributed by atoms with van der Waals surface area (Å²) in [4.78, 5) is 12.0. The second-order valence-corrected chi connectivity index (χ2v) is 4.57. The Hall–Kier alpha value is -2.96. The van der Waals surface area contributed by atoms with Crippen LogP contribution < -0.4 is 5.32 Å². The van der Waals surface area contributed by atoms with E-state index in [9.17, 15) is 4.79 Å². The number of aromatic nitrogens is 4. The molecule has 0 bridgehead atoms. The minimum Gasteiger partial charge on any atom is -0.403 e. The highest BCUT2D eigenvalue weighted by Crippen LogP contribution is 2.20. The van der Waals surface area contributed by atoms with Crippen molar-refractivity contribution < 1.29 is 9.21 Å². The van der Waals surface area contributed by atoms with E-state index in [1.165, 1.54) is 4.68 Å². The lowest BCUT2D eigenvalue weighted by atomic mass is 10.1. The van der Waals surface area contributed by atoms with Crippen molar-refractivity contribution in [3.8, 4) is 11.5 Å². The molecule has 7 nitrogen and oxygen atoms in total. The third-order valence-corrected chi connectivity index (χ3v) is 3.00. The van der Waals surface area contributed by atoms with Gasteiger partial charge in [0.2, 0.25) is 5.89 Å². The lowest BCUT2D eigenvalue weighted by Gasteiger charge is -2.00. The van der Waals surface area contributed by atoms with Gasteiger partial charge in [-0.3, -0.25) is 14.8 Å². The van der Waals surface area contributed by atoms with E-state index in [4.69, 9.17) is 4.42 Å². The van der Waals surface area contributed by atoms with Gasteiger partial charge in [0.15, 0.2) is 0 Å². The van der Waals surface area contributed by atoms with Crippen molar-refractivity contribution in [1.82, 2.24) is 20.0 Å². The summed E-state index contributed by atoms with van der Waals surface area (Å²) in [5.41, 5.74) is 2.35. The number of hydrogen-bond donors (Lipinski definition) is 1. The summed E-state index contributed by atoms with van der Waals surface area (Å²) >= 11 is 0. The molecule has 3 rings (SSSR count). The Morgan fingerprint density at radius 1 is 1.19 bits per heavy atom. The van der Waals surface area contributed by atoms with Crippen molar-refractivity contribution in [1.29, 1.82) is 0 Å². The molecule has 7 heteroatoms. The molecule has 0 fully saturated rings. The number of benzene rings is 1. The number of rotatable bonds is 3. The van der Waals surface area contributed by atoms with Gasteiger partial charge in [-0.15, -0.1) is 5.10 Å². The smallest absolute Gasteiger partial charge is 0.322 e. The molecule has 1 amide bonds. The third-order valence-electron chi connectivity index (χ3n) is 3.00. The minimum absolute atomic E-state index is 0.0526. The van der Waals surface area contributed by atoms with Crippen LogP contribution in [0.25, 0.3) is 11.5 Å². The number of nitrogens with zero attached hydrogens (tertiary/aromatic N) is 4. The molecule has 21 heavy (non-hydrogen) atoms. The van der Waals surface area contributed by atoms with E-state index in [1.807, 2.05) is 31.2 Å². The quantitative estimate of drug-likeness (QED) is 0.794. The maximum atomic E-state index is 12.0. The topological polar surface area (TPSA) is 85.8 Å². The van der Waals surface area contributed by atoms with Crippen molar-refractivity contribution in [3.05, 3.63) is 47.8 Å². The summed E-state index contributed by atoms with van der Waals surface area (Å²) in [6.45, 7) is 2.00. The Morgan fingerprint density at radius 2 is 1.95 bits per heavy atom. The molecule has 0 aliphatic carbocycles. The van der Waals surface area contributed by atoms with E-state index in [1.54, 1.807) is 19.3 Å². The molecule has 1 N–H and O–H groups in total. The van der Waals surface area contributed by atoms with E-state index in [-0.39, 0.29) is 11.9 Å². The first-order valence-electron chi connectivity index (χ1n) is 6.33. The van der Waals surface area contributed by atoms with Crippen molar-refractivity contribution in [2.45, 2.75) is 6.92 Å². The van der Waals surface area contributed by atoms with Crippen molar-refractivity contribution in [3.63, 3.8) is 0 Å². The highest BCUT2D eigenvalue weighted by atomic mass is 16.4. The zero-order valence-corrected chi connectivity index (χ0v) is 11.6. The van der Waals surface area contributed by atoms with Crippen molar-refractivity contribution >= 4 is 11.9 Å². The van der Waals surface area contributed by atoms with Gasteiger partial charge in [-0.2, -0.15) is 5.10 Å². The molecule has 0 saturated heterocycles. The largest absolute Gasteiger partial charge is 0.403 e. The summed E-state index contributed by atoms with van der Waals surface area (Å²) in [5, 5.41) is 14.2. The van der Waals surface area contributed by atoms with Gasteiger partial charge < -0.3 is 4.42 Å². The Labute approximate surface area is 120 Å². The van der Waals surface area contributed by atoms with Crippen LogP contribution in [0.4, 0.5) is 6.01 Å². The number of carbonyl (C=O) groups excluding carboxylic acids is 1. The van der Waals surface area contributed by atoms with Crippen LogP contribution in [0.15, 0.2) is 40.9 Å². The van der Waals surface area contributed by atoms with Gasteiger partial charge in [-0.05, 0) is 25.1 Å². The SMILES string of the molecule is Cc1ccc(-c2nnc(NC(=O)c3ccnn3C)o2)cc1. The van der Waals surface area contributed by atoms with Crippen LogP contribution in [0.5, 0.6) is 0 Å². The van der Waals surface area contributed by atoms with Gasteiger partial charge in [0.05, 0.1) is 0 Å². The molecule has 106 valence electrons. The summed E-state index contributed by atoms with van der Waals surface area (Å²) in [5.74, 6) is 0.00409. The summed E-state index contributed by atoms with van der Waals surface area (Å²) in [6, 6.07) is 9.33. The molecular formula is C14H13N5O2. The number of aryl methyl sites for hydroxylation is 2. The fourth-order valence-electron chi connectivity index (χ4n) is 1.84. The second-order valence-electron chi connectivity index (χ2n) is 4.57. The Morgan fingerprint density at radius 3 is 2.62 bits per heavy atom. The Bertz CT molecular complexity index is 773. The molecule has 3 aromatic rings. The van der Waals surface area contributed by atoms with Crippen LogP contribution in [-0.4, -0.2) is 25.9 Å². The zero-order valence-electron chi connectivity index (χ0n) is 11.6. The molecule has 0 aliphatic heterocycles. The first-order chi connectivity index (χ1) is 10.1. The van der Waals surface area contributed by atoms with Gasteiger partial charge in [0.25, 0.3) is 5.91 Å². The predicted octanol–water partition coefficient (Wildman–Crippen LogP) is 2.03. The third kappa shape index (κ3) is 2.66. The minimum atomic E-state index is -0.353. The van der Waals surface area contributed by atoms with Crippen LogP contribution in [0.3, 0.4) is 0 Å². The molecule has 0 radical (unpaired) electrons. The maximum absolute atomic E-state index is 12.0. The number of amides is 1. The first-order valence-corrected chi connectivity index (χ1v) is 6.33. The number of anilines is 1. The molecule has 2 heterocycles. The van der Waals surface area contributed by atoms with E-state index in [0.717, 1.165) is 11.1 Å². The van der Waals surface area contributed by atoms with Crippen LogP contribution in [0.2, 0.25) is 0 Å². The second kappa shape index (κ2) is 5.20.